The fourth-order valence-corrected chi connectivity index (χ4v) is 4.76. The molecule has 5 rings (SSSR count). The Kier molecular flexibility index (Phi) is 4.41. The quantitative estimate of drug-likeness (QED) is 0.800. The van der Waals surface area contributed by atoms with Crippen LogP contribution < -0.4 is 0 Å². The van der Waals surface area contributed by atoms with Crippen LogP contribution in [0.5, 0.6) is 0 Å². The maximum absolute atomic E-state index is 6.37. The van der Waals surface area contributed by atoms with Gasteiger partial charge in [-0.25, -0.2) is 4.68 Å². The van der Waals surface area contributed by atoms with E-state index in [0.29, 0.717) is 22.6 Å². The maximum atomic E-state index is 6.37. The summed E-state index contributed by atoms with van der Waals surface area (Å²) in [6.07, 6.45) is 1.32. The lowest BCUT2D eigenvalue weighted by Crippen LogP contribution is -2.32. The third-order valence-corrected chi connectivity index (χ3v) is 6.13. The van der Waals surface area contributed by atoms with Crippen LogP contribution in [-0.2, 0) is 16.1 Å². The van der Waals surface area contributed by atoms with Gasteiger partial charge < -0.3 is 9.47 Å². The van der Waals surface area contributed by atoms with Crippen molar-refractivity contribution in [3.63, 3.8) is 0 Å². The first-order valence-corrected chi connectivity index (χ1v) is 9.76. The van der Waals surface area contributed by atoms with Gasteiger partial charge in [-0.15, -0.1) is 5.10 Å². The summed E-state index contributed by atoms with van der Waals surface area (Å²) >= 11 is 12.4. The summed E-state index contributed by atoms with van der Waals surface area (Å²) < 4.78 is 13.7. The van der Waals surface area contributed by atoms with Crippen molar-refractivity contribution in [2.75, 3.05) is 32.8 Å². The fourth-order valence-electron chi connectivity index (χ4n) is 4.26. The van der Waals surface area contributed by atoms with Crippen molar-refractivity contribution in [2.45, 2.75) is 25.2 Å². The van der Waals surface area contributed by atoms with Crippen LogP contribution in [0.15, 0.2) is 18.2 Å². The summed E-state index contributed by atoms with van der Waals surface area (Å²) in [6, 6.07) is 5.65. The van der Waals surface area contributed by atoms with Gasteiger partial charge in [-0.1, -0.05) is 28.4 Å². The zero-order valence-corrected chi connectivity index (χ0v) is 15.8. The van der Waals surface area contributed by atoms with Crippen LogP contribution in [0, 0.1) is 5.92 Å². The second-order valence-electron chi connectivity index (χ2n) is 7.32. The third kappa shape index (κ3) is 2.94. The molecule has 1 aromatic heterocycles. The predicted molar refractivity (Wildman–Crippen MR) is 98.5 cm³/mol. The van der Waals surface area contributed by atoms with Crippen molar-refractivity contribution >= 4 is 23.2 Å². The third-order valence-electron chi connectivity index (χ3n) is 5.58. The van der Waals surface area contributed by atoms with Crippen molar-refractivity contribution in [3.05, 3.63) is 33.9 Å². The van der Waals surface area contributed by atoms with Crippen LogP contribution in [0.3, 0.4) is 0 Å². The van der Waals surface area contributed by atoms with E-state index in [2.05, 4.69) is 15.2 Å². The molecule has 2 fully saturated rings. The molecule has 0 N–H and O–H groups in total. The molecular formula is C18H20Cl2N4O2. The number of rotatable bonds is 3. The average molecular weight is 395 g/mol. The Bertz CT molecular complexity index is 822. The maximum Gasteiger partial charge on any atom is 0.120 e. The van der Waals surface area contributed by atoms with Gasteiger partial charge in [0, 0.05) is 36.8 Å². The van der Waals surface area contributed by atoms with Gasteiger partial charge in [-0.3, -0.25) is 4.90 Å². The van der Waals surface area contributed by atoms with Crippen LogP contribution in [0.25, 0.3) is 11.3 Å². The molecule has 3 atom stereocenters. The van der Waals surface area contributed by atoms with E-state index in [9.17, 15) is 0 Å². The van der Waals surface area contributed by atoms with Gasteiger partial charge in [0.15, 0.2) is 0 Å². The summed E-state index contributed by atoms with van der Waals surface area (Å²) in [5, 5.41) is 10.1. The number of halogens is 2. The Balaban J connectivity index is 1.40. The largest absolute Gasteiger partial charge is 0.381 e. The van der Waals surface area contributed by atoms with E-state index in [1.807, 2.05) is 16.8 Å². The van der Waals surface area contributed by atoms with E-state index in [-0.39, 0.29) is 12.1 Å². The number of benzene rings is 1. The van der Waals surface area contributed by atoms with Crippen LogP contribution in [0.2, 0.25) is 10.0 Å². The minimum Gasteiger partial charge on any atom is -0.381 e. The molecule has 0 saturated carbocycles. The highest BCUT2D eigenvalue weighted by Gasteiger charge is 2.41. The highest BCUT2D eigenvalue weighted by molar-refractivity contribution is 6.36. The molecular weight excluding hydrogens is 375 g/mol. The normalized spacial score (nSPS) is 28.3. The molecule has 26 heavy (non-hydrogen) atoms. The Morgan fingerprint density at radius 1 is 1.23 bits per heavy atom. The molecule has 6 nitrogen and oxygen atoms in total. The lowest BCUT2D eigenvalue weighted by Gasteiger charge is -2.26. The number of hydrogen-bond acceptors (Lipinski definition) is 5. The van der Waals surface area contributed by atoms with Crippen molar-refractivity contribution in [3.8, 4) is 11.3 Å². The minimum atomic E-state index is 0.167. The van der Waals surface area contributed by atoms with Gasteiger partial charge in [0.2, 0.25) is 0 Å². The monoisotopic (exact) mass is 394 g/mol. The van der Waals surface area contributed by atoms with Crippen LogP contribution in [-0.4, -0.2) is 58.8 Å². The number of likely N-dealkylation sites (tertiary alicyclic amines) is 1. The Morgan fingerprint density at radius 2 is 2.15 bits per heavy atom. The first-order chi connectivity index (χ1) is 12.7. The molecule has 4 heterocycles. The molecule has 8 heteroatoms. The smallest absolute Gasteiger partial charge is 0.120 e. The zero-order valence-electron chi connectivity index (χ0n) is 14.3. The van der Waals surface area contributed by atoms with Crippen molar-refractivity contribution in [1.29, 1.82) is 0 Å². The summed E-state index contributed by atoms with van der Waals surface area (Å²) in [6.45, 7) is 5.21. The summed E-state index contributed by atoms with van der Waals surface area (Å²) in [5.41, 5.74) is 2.62. The minimum absolute atomic E-state index is 0.167. The highest BCUT2D eigenvalue weighted by Crippen LogP contribution is 2.37. The molecule has 0 unspecified atom stereocenters. The van der Waals surface area contributed by atoms with Gasteiger partial charge in [0.1, 0.15) is 5.69 Å². The first kappa shape index (κ1) is 17.0. The fraction of sp³-hybridized carbons (Fsp3) is 0.556. The molecule has 3 aliphatic rings. The van der Waals surface area contributed by atoms with Crippen LogP contribution >= 0.6 is 23.2 Å². The van der Waals surface area contributed by atoms with Gasteiger partial charge in [-0.05, 0) is 30.5 Å². The van der Waals surface area contributed by atoms with Gasteiger partial charge >= 0.3 is 0 Å². The lowest BCUT2D eigenvalue weighted by atomic mass is 10.1. The van der Waals surface area contributed by atoms with Crippen molar-refractivity contribution in [2.24, 2.45) is 5.92 Å². The van der Waals surface area contributed by atoms with E-state index >= 15 is 0 Å². The summed E-state index contributed by atoms with van der Waals surface area (Å²) in [7, 11) is 0. The number of fused-ring (bicyclic) bond motifs is 3. The second kappa shape index (κ2) is 6.77. The Morgan fingerprint density at radius 3 is 2.96 bits per heavy atom. The molecule has 0 radical (unpaired) electrons. The van der Waals surface area contributed by atoms with Gasteiger partial charge in [0.05, 0.1) is 36.1 Å². The van der Waals surface area contributed by atoms with E-state index in [4.69, 9.17) is 32.7 Å². The molecule has 0 aliphatic carbocycles. The first-order valence-electron chi connectivity index (χ1n) is 9.00. The SMILES string of the molecule is Clc1ccc(-c2nnn3c2CO[C@H]2CN(C[C@@H]4CCOC4)C[C@@H]23)c(Cl)c1. The molecule has 2 saturated heterocycles. The number of hydrogen-bond donors (Lipinski definition) is 0. The molecule has 138 valence electrons. The lowest BCUT2D eigenvalue weighted by molar-refractivity contribution is -0.00507. The summed E-state index contributed by atoms with van der Waals surface area (Å²) in [5.74, 6) is 0.633. The number of nitrogens with zero attached hydrogens (tertiary/aromatic N) is 4. The van der Waals surface area contributed by atoms with E-state index < -0.39 is 0 Å². The highest BCUT2D eigenvalue weighted by atomic mass is 35.5. The molecule has 1 aromatic carbocycles. The predicted octanol–water partition coefficient (Wildman–Crippen LogP) is 3.04. The van der Waals surface area contributed by atoms with E-state index in [1.165, 1.54) is 0 Å². The van der Waals surface area contributed by atoms with E-state index in [0.717, 1.165) is 56.2 Å². The molecule has 0 spiro atoms. The average Bonchev–Trinajstić information content (AvgIpc) is 3.33. The molecule has 0 amide bonds. The number of aromatic nitrogens is 3. The van der Waals surface area contributed by atoms with Crippen LogP contribution in [0.4, 0.5) is 0 Å². The Hall–Kier alpha value is -1.18. The standard InChI is InChI=1S/C18H20Cl2N4O2/c19-12-1-2-13(14(20)5-12)18-16-10-26-17-8-23(6-11-3-4-25-9-11)7-15(17)24(16)22-21-18/h1-2,5,11,15,17H,3-4,6-10H2/t11-,15-,17-/m0/s1. The topological polar surface area (TPSA) is 52.4 Å². The van der Waals surface area contributed by atoms with Gasteiger partial charge in [0.25, 0.3) is 0 Å². The number of ether oxygens (including phenoxy) is 2. The van der Waals surface area contributed by atoms with Crippen molar-refractivity contribution in [1.82, 2.24) is 19.9 Å². The van der Waals surface area contributed by atoms with Gasteiger partial charge in [-0.2, -0.15) is 0 Å². The van der Waals surface area contributed by atoms with Crippen molar-refractivity contribution < 1.29 is 9.47 Å². The molecule has 0 bridgehead atoms. The molecule has 2 aromatic rings. The van der Waals surface area contributed by atoms with E-state index in [1.54, 1.807) is 6.07 Å². The van der Waals surface area contributed by atoms with Crippen LogP contribution in [0.1, 0.15) is 18.2 Å². The summed E-state index contributed by atoms with van der Waals surface area (Å²) in [4.78, 5) is 2.47. The Labute approximate surface area is 162 Å². The molecule has 3 aliphatic heterocycles. The zero-order chi connectivity index (χ0) is 17.7. The second-order valence-corrected chi connectivity index (χ2v) is 8.16.